The number of amides is 2. The lowest BCUT2D eigenvalue weighted by molar-refractivity contribution is 0.0946. The predicted molar refractivity (Wildman–Crippen MR) is 101 cm³/mol. The average molecular weight is 399 g/mol. The van der Waals surface area contributed by atoms with Gasteiger partial charge in [0.15, 0.2) is 17.5 Å². The Hall–Kier alpha value is -3.68. The fourth-order valence-corrected chi connectivity index (χ4v) is 2.61. The molecule has 29 heavy (non-hydrogen) atoms. The van der Waals surface area contributed by atoms with Gasteiger partial charge in [0.25, 0.3) is 11.8 Å². The van der Waals surface area contributed by atoms with Gasteiger partial charge < -0.3 is 10.6 Å². The molecule has 0 aliphatic rings. The summed E-state index contributed by atoms with van der Waals surface area (Å²) in [6.45, 7) is 2.21. The maximum absolute atomic E-state index is 13.7. The SMILES string of the molecule is Cc1cccc(CNC(=O)c2cc(C(=O)Nc3ccc(F)c(F)c3F)ccn2)c1. The van der Waals surface area contributed by atoms with Gasteiger partial charge in [0.1, 0.15) is 5.69 Å². The lowest BCUT2D eigenvalue weighted by Crippen LogP contribution is -2.24. The second kappa shape index (κ2) is 8.55. The molecule has 0 unspecified atom stereocenters. The van der Waals surface area contributed by atoms with Gasteiger partial charge in [0.05, 0.1) is 5.69 Å². The molecule has 0 radical (unpaired) electrons. The van der Waals surface area contributed by atoms with Crippen molar-refractivity contribution in [3.63, 3.8) is 0 Å². The first-order chi connectivity index (χ1) is 13.8. The molecule has 0 spiro atoms. The lowest BCUT2D eigenvalue weighted by atomic mass is 10.1. The smallest absolute Gasteiger partial charge is 0.270 e. The van der Waals surface area contributed by atoms with Crippen molar-refractivity contribution in [2.45, 2.75) is 13.5 Å². The van der Waals surface area contributed by atoms with Crippen LogP contribution in [0.3, 0.4) is 0 Å². The summed E-state index contributed by atoms with van der Waals surface area (Å²) in [6, 6.07) is 11.7. The van der Waals surface area contributed by atoms with Crippen LogP contribution in [0.15, 0.2) is 54.7 Å². The number of pyridine rings is 1. The van der Waals surface area contributed by atoms with Crippen LogP contribution < -0.4 is 10.6 Å². The summed E-state index contributed by atoms with van der Waals surface area (Å²) in [5.41, 5.74) is 1.43. The van der Waals surface area contributed by atoms with E-state index in [0.29, 0.717) is 6.07 Å². The summed E-state index contributed by atoms with van der Waals surface area (Å²) in [6.07, 6.45) is 1.25. The minimum Gasteiger partial charge on any atom is -0.347 e. The first kappa shape index (κ1) is 20.1. The molecule has 3 aromatic rings. The minimum absolute atomic E-state index is 0.00448. The molecule has 8 heteroatoms. The number of rotatable bonds is 5. The molecule has 3 rings (SSSR count). The molecule has 148 valence electrons. The number of nitrogens with zero attached hydrogens (tertiary/aromatic N) is 1. The Morgan fingerprint density at radius 2 is 1.76 bits per heavy atom. The number of anilines is 1. The Labute approximate surface area is 164 Å². The van der Waals surface area contributed by atoms with Crippen molar-refractivity contribution in [1.82, 2.24) is 10.3 Å². The third kappa shape index (κ3) is 4.78. The number of benzene rings is 2. The van der Waals surface area contributed by atoms with Crippen molar-refractivity contribution in [3.8, 4) is 0 Å². The van der Waals surface area contributed by atoms with Gasteiger partial charge in [-0.15, -0.1) is 0 Å². The van der Waals surface area contributed by atoms with Crippen LogP contribution in [0.1, 0.15) is 32.0 Å². The van der Waals surface area contributed by atoms with E-state index in [1.807, 2.05) is 31.2 Å². The zero-order valence-corrected chi connectivity index (χ0v) is 15.3. The molecule has 1 heterocycles. The third-order valence-electron chi connectivity index (χ3n) is 4.07. The standard InChI is InChI=1S/C21H16F3N3O2/c1-12-3-2-4-13(9-12)11-26-21(29)17-10-14(7-8-25-17)20(28)27-16-6-5-15(22)18(23)19(16)24/h2-10H,11H2,1H3,(H,26,29)(H,27,28). The van der Waals surface area contributed by atoms with Crippen LogP contribution in [0, 0.1) is 24.4 Å². The van der Waals surface area contributed by atoms with Gasteiger partial charge in [-0.3, -0.25) is 14.6 Å². The molecule has 1 aromatic heterocycles. The van der Waals surface area contributed by atoms with E-state index >= 15 is 0 Å². The topological polar surface area (TPSA) is 71.1 Å². The Bertz CT molecular complexity index is 1090. The zero-order valence-electron chi connectivity index (χ0n) is 15.3. The predicted octanol–water partition coefficient (Wildman–Crippen LogP) is 3.99. The van der Waals surface area contributed by atoms with E-state index < -0.39 is 35.0 Å². The quantitative estimate of drug-likeness (QED) is 0.638. The van der Waals surface area contributed by atoms with Gasteiger partial charge in [-0.2, -0.15) is 0 Å². The van der Waals surface area contributed by atoms with E-state index in [2.05, 4.69) is 15.6 Å². The maximum atomic E-state index is 13.7. The van der Waals surface area contributed by atoms with Crippen molar-refractivity contribution >= 4 is 17.5 Å². The van der Waals surface area contributed by atoms with Crippen LogP contribution in [0.4, 0.5) is 18.9 Å². The molecule has 0 saturated heterocycles. The van der Waals surface area contributed by atoms with Crippen LogP contribution in [-0.4, -0.2) is 16.8 Å². The summed E-state index contributed by atoms with van der Waals surface area (Å²) in [7, 11) is 0. The molecule has 2 N–H and O–H groups in total. The summed E-state index contributed by atoms with van der Waals surface area (Å²) >= 11 is 0. The van der Waals surface area contributed by atoms with Gasteiger partial charge in [-0.05, 0) is 36.8 Å². The molecule has 2 amide bonds. The fraction of sp³-hybridized carbons (Fsp3) is 0.0952. The Balaban J connectivity index is 1.70. The molecule has 0 saturated carbocycles. The summed E-state index contributed by atoms with van der Waals surface area (Å²) < 4.78 is 40.0. The largest absolute Gasteiger partial charge is 0.347 e. The maximum Gasteiger partial charge on any atom is 0.270 e. The molecule has 5 nitrogen and oxygen atoms in total. The summed E-state index contributed by atoms with van der Waals surface area (Å²) in [5.74, 6) is -5.86. The number of aromatic nitrogens is 1. The number of aryl methyl sites for hydroxylation is 1. The molecule has 0 aliphatic heterocycles. The Morgan fingerprint density at radius 3 is 2.52 bits per heavy atom. The van der Waals surface area contributed by atoms with Crippen molar-refractivity contribution < 1.29 is 22.8 Å². The van der Waals surface area contributed by atoms with Crippen LogP contribution in [0.5, 0.6) is 0 Å². The Morgan fingerprint density at radius 1 is 0.966 bits per heavy atom. The highest BCUT2D eigenvalue weighted by Gasteiger charge is 2.17. The van der Waals surface area contributed by atoms with E-state index in [-0.39, 0.29) is 17.8 Å². The third-order valence-corrected chi connectivity index (χ3v) is 4.07. The molecule has 0 aliphatic carbocycles. The van der Waals surface area contributed by atoms with E-state index in [1.165, 1.54) is 18.3 Å². The van der Waals surface area contributed by atoms with E-state index in [1.54, 1.807) is 0 Å². The van der Waals surface area contributed by atoms with E-state index in [0.717, 1.165) is 17.2 Å². The van der Waals surface area contributed by atoms with Crippen molar-refractivity contribution in [2.24, 2.45) is 0 Å². The normalized spacial score (nSPS) is 10.5. The van der Waals surface area contributed by atoms with E-state index in [4.69, 9.17) is 0 Å². The summed E-state index contributed by atoms with van der Waals surface area (Å²) in [5, 5.41) is 4.84. The van der Waals surface area contributed by atoms with Crippen LogP contribution in [0.25, 0.3) is 0 Å². The number of carbonyl (C=O) groups is 2. The second-order valence-electron chi connectivity index (χ2n) is 6.28. The molecule has 2 aromatic carbocycles. The second-order valence-corrected chi connectivity index (χ2v) is 6.28. The molecular formula is C21H16F3N3O2. The van der Waals surface area contributed by atoms with Gasteiger partial charge in [-0.1, -0.05) is 29.8 Å². The first-order valence-electron chi connectivity index (χ1n) is 8.60. The highest BCUT2D eigenvalue weighted by Crippen LogP contribution is 2.20. The molecular weight excluding hydrogens is 383 g/mol. The van der Waals surface area contributed by atoms with Crippen molar-refractivity contribution in [2.75, 3.05) is 5.32 Å². The van der Waals surface area contributed by atoms with Gasteiger partial charge in [-0.25, -0.2) is 13.2 Å². The highest BCUT2D eigenvalue weighted by atomic mass is 19.2. The van der Waals surface area contributed by atoms with Gasteiger partial charge in [0, 0.05) is 18.3 Å². The van der Waals surface area contributed by atoms with Gasteiger partial charge in [0.2, 0.25) is 0 Å². The monoisotopic (exact) mass is 399 g/mol. The fourth-order valence-electron chi connectivity index (χ4n) is 2.61. The van der Waals surface area contributed by atoms with Crippen molar-refractivity contribution in [3.05, 3.63) is 94.6 Å². The number of halogens is 3. The zero-order chi connectivity index (χ0) is 21.0. The number of hydrogen-bond donors (Lipinski definition) is 2. The van der Waals surface area contributed by atoms with Crippen LogP contribution in [-0.2, 0) is 6.54 Å². The minimum atomic E-state index is -1.69. The van der Waals surface area contributed by atoms with Crippen LogP contribution in [0.2, 0.25) is 0 Å². The molecule has 0 fully saturated rings. The Kier molecular flexibility index (Phi) is 5.92. The van der Waals surface area contributed by atoms with Crippen molar-refractivity contribution in [1.29, 1.82) is 0 Å². The molecule has 0 bridgehead atoms. The number of carbonyl (C=O) groups excluding carboxylic acids is 2. The lowest BCUT2D eigenvalue weighted by Gasteiger charge is -2.09. The average Bonchev–Trinajstić information content (AvgIpc) is 2.72. The summed E-state index contributed by atoms with van der Waals surface area (Å²) in [4.78, 5) is 28.5. The molecule has 0 atom stereocenters. The highest BCUT2D eigenvalue weighted by molar-refractivity contribution is 6.05. The van der Waals surface area contributed by atoms with Crippen LogP contribution >= 0.6 is 0 Å². The number of nitrogens with one attached hydrogen (secondary N) is 2. The van der Waals surface area contributed by atoms with Gasteiger partial charge >= 0.3 is 0 Å². The first-order valence-corrected chi connectivity index (χ1v) is 8.60. The number of hydrogen-bond acceptors (Lipinski definition) is 3. The van der Waals surface area contributed by atoms with E-state index in [9.17, 15) is 22.8 Å².